The maximum atomic E-state index is 13.3. The summed E-state index contributed by atoms with van der Waals surface area (Å²) in [4.78, 5) is 0. The van der Waals surface area contributed by atoms with Gasteiger partial charge in [-0.15, -0.1) is 0 Å². The van der Waals surface area contributed by atoms with Crippen LogP contribution < -0.4 is 4.74 Å². The Kier molecular flexibility index (Phi) is 4.77. The predicted molar refractivity (Wildman–Crippen MR) is 77.2 cm³/mol. The maximum Gasteiger partial charge on any atom is 0.163 e. The van der Waals surface area contributed by atoms with Gasteiger partial charge in [-0.25, -0.2) is 4.39 Å². The molecule has 1 N–H and O–H groups in total. The molecule has 0 saturated heterocycles. The van der Waals surface area contributed by atoms with E-state index in [4.69, 9.17) is 4.74 Å². The molecule has 1 unspecified atom stereocenters. The molecule has 0 aliphatic rings. The van der Waals surface area contributed by atoms with Crippen molar-refractivity contribution < 1.29 is 14.2 Å². The molecule has 1 aromatic carbocycles. The molecule has 1 aromatic heterocycles. The summed E-state index contributed by atoms with van der Waals surface area (Å²) in [7, 11) is 1.53. The number of aryl methyl sites for hydroxylation is 1. The standard InChI is InChI=1S/C14H16BrFN2O2/c1-3-6-18-13(12(20-2)8-17-18)14(19)9-4-5-11(16)10(15)7-9/h4-5,7-8,14,19H,3,6H2,1-2H3. The monoisotopic (exact) mass is 342 g/mol. The Labute approximate surface area is 125 Å². The number of aliphatic hydroxyl groups is 1. The van der Waals surface area contributed by atoms with Gasteiger partial charge in [-0.1, -0.05) is 13.0 Å². The van der Waals surface area contributed by atoms with Gasteiger partial charge in [0.05, 0.1) is 17.8 Å². The van der Waals surface area contributed by atoms with Gasteiger partial charge in [0, 0.05) is 6.54 Å². The van der Waals surface area contributed by atoms with Crippen molar-refractivity contribution >= 4 is 15.9 Å². The quantitative estimate of drug-likeness (QED) is 0.906. The zero-order valence-corrected chi connectivity index (χ0v) is 12.9. The van der Waals surface area contributed by atoms with Gasteiger partial charge in [-0.3, -0.25) is 4.68 Å². The summed E-state index contributed by atoms with van der Waals surface area (Å²) in [6, 6.07) is 4.42. The van der Waals surface area contributed by atoms with Crippen LogP contribution in [-0.2, 0) is 6.54 Å². The van der Waals surface area contributed by atoms with Crippen LogP contribution in [0.25, 0.3) is 0 Å². The number of hydrogen-bond acceptors (Lipinski definition) is 3. The number of halogens is 2. The lowest BCUT2D eigenvalue weighted by Crippen LogP contribution is -2.11. The SMILES string of the molecule is CCCn1ncc(OC)c1C(O)c1ccc(F)c(Br)c1. The van der Waals surface area contributed by atoms with Crippen molar-refractivity contribution in [3.63, 3.8) is 0 Å². The normalized spacial score (nSPS) is 12.4. The first-order chi connectivity index (χ1) is 9.58. The van der Waals surface area contributed by atoms with Crippen LogP contribution in [0.2, 0.25) is 0 Å². The van der Waals surface area contributed by atoms with Crippen molar-refractivity contribution in [2.75, 3.05) is 7.11 Å². The molecule has 4 nitrogen and oxygen atoms in total. The van der Waals surface area contributed by atoms with Gasteiger partial charge in [0.15, 0.2) is 5.75 Å². The minimum Gasteiger partial charge on any atom is -0.493 e. The zero-order chi connectivity index (χ0) is 14.7. The average Bonchev–Trinajstić information content (AvgIpc) is 2.84. The van der Waals surface area contributed by atoms with Crippen LogP contribution in [0.3, 0.4) is 0 Å². The number of hydrogen-bond donors (Lipinski definition) is 1. The lowest BCUT2D eigenvalue weighted by molar-refractivity contribution is 0.201. The van der Waals surface area contributed by atoms with Crippen molar-refractivity contribution in [2.45, 2.75) is 26.0 Å². The molecule has 0 saturated carbocycles. The van der Waals surface area contributed by atoms with Gasteiger partial charge in [0.2, 0.25) is 0 Å². The van der Waals surface area contributed by atoms with Crippen LogP contribution in [0.4, 0.5) is 4.39 Å². The number of aromatic nitrogens is 2. The van der Waals surface area contributed by atoms with E-state index in [9.17, 15) is 9.50 Å². The Morgan fingerprint density at radius 1 is 1.50 bits per heavy atom. The smallest absolute Gasteiger partial charge is 0.163 e. The molecule has 108 valence electrons. The highest BCUT2D eigenvalue weighted by atomic mass is 79.9. The zero-order valence-electron chi connectivity index (χ0n) is 11.3. The Hall–Kier alpha value is -1.40. The van der Waals surface area contributed by atoms with Crippen LogP contribution in [0.5, 0.6) is 5.75 Å². The molecule has 0 aliphatic heterocycles. The molecule has 1 atom stereocenters. The fraction of sp³-hybridized carbons (Fsp3) is 0.357. The number of benzene rings is 1. The Balaban J connectivity index is 2.43. The van der Waals surface area contributed by atoms with Crippen molar-refractivity contribution in [1.29, 1.82) is 0 Å². The van der Waals surface area contributed by atoms with E-state index in [1.54, 1.807) is 23.0 Å². The molecule has 1 heterocycles. The Morgan fingerprint density at radius 3 is 2.85 bits per heavy atom. The van der Waals surface area contributed by atoms with E-state index in [1.807, 2.05) is 6.92 Å². The van der Waals surface area contributed by atoms with Crippen molar-refractivity contribution in [2.24, 2.45) is 0 Å². The van der Waals surface area contributed by atoms with Gasteiger partial charge in [-0.05, 0) is 40.0 Å². The fourth-order valence-corrected chi connectivity index (χ4v) is 2.44. The van der Waals surface area contributed by atoms with Crippen LogP contribution in [-0.4, -0.2) is 22.0 Å². The number of nitrogens with zero attached hydrogens (tertiary/aromatic N) is 2. The third-order valence-corrected chi connectivity index (χ3v) is 3.63. The van der Waals surface area contributed by atoms with Gasteiger partial charge in [0.1, 0.15) is 17.6 Å². The number of rotatable bonds is 5. The lowest BCUT2D eigenvalue weighted by atomic mass is 10.1. The van der Waals surface area contributed by atoms with Crippen molar-refractivity contribution in [3.05, 3.63) is 45.9 Å². The van der Waals surface area contributed by atoms with Gasteiger partial charge < -0.3 is 9.84 Å². The highest BCUT2D eigenvalue weighted by Crippen LogP contribution is 2.31. The van der Waals surface area contributed by atoms with E-state index < -0.39 is 6.10 Å². The third kappa shape index (κ3) is 2.86. The summed E-state index contributed by atoms with van der Waals surface area (Å²) in [5, 5.41) is 14.7. The molecule has 2 rings (SSSR count). The van der Waals surface area contributed by atoms with Gasteiger partial charge in [-0.2, -0.15) is 5.10 Å². The number of aliphatic hydroxyl groups excluding tert-OH is 1. The van der Waals surface area contributed by atoms with Gasteiger partial charge >= 0.3 is 0 Å². The molecule has 0 fully saturated rings. The summed E-state index contributed by atoms with van der Waals surface area (Å²) < 4.78 is 20.5. The molecule has 0 amide bonds. The summed E-state index contributed by atoms with van der Waals surface area (Å²) >= 11 is 3.12. The third-order valence-electron chi connectivity index (χ3n) is 3.02. The summed E-state index contributed by atoms with van der Waals surface area (Å²) in [6.07, 6.45) is 1.54. The molecule has 20 heavy (non-hydrogen) atoms. The Morgan fingerprint density at radius 2 is 2.25 bits per heavy atom. The van der Waals surface area contributed by atoms with Crippen LogP contribution in [0, 0.1) is 5.82 Å². The largest absolute Gasteiger partial charge is 0.493 e. The first-order valence-corrected chi connectivity index (χ1v) is 7.10. The highest BCUT2D eigenvalue weighted by molar-refractivity contribution is 9.10. The van der Waals surface area contributed by atoms with E-state index in [1.165, 1.54) is 13.2 Å². The summed E-state index contributed by atoms with van der Waals surface area (Å²) in [5.74, 6) is 0.154. The van der Waals surface area contributed by atoms with E-state index in [0.717, 1.165) is 6.42 Å². The first kappa shape index (κ1) is 15.0. The van der Waals surface area contributed by atoms with E-state index >= 15 is 0 Å². The number of methoxy groups -OCH3 is 1. The van der Waals surface area contributed by atoms with E-state index in [-0.39, 0.29) is 5.82 Å². The van der Waals surface area contributed by atoms with Gasteiger partial charge in [0.25, 0.3) is 0 Å². The van der Waals surface area contributed by atoms with Crippen molar-refractivity contribution in [3.8, 4) is 5.75 Å². The molecular formula is C14H16BrFN2O2. The Bertz CT molecular complexity index is 601. The van der Waals surface area contributed by atoms with Crippen LogP contribution >= 0.6 is 15.9 Å². The fourth-order valence-electron chi connectivity index (χ4n) is 2.04. The van der Waals surface area contributed by atoms with Crippen LogP contribution in [0.15, 0.2) is 28.9 Å². The molecule has 0 spiro atoms. The molecule has 0 radical (unpaired) electrons. The molecular weight excluding hydrogens is 327 g/mol. The van der Waals surface area contributed by atoms with E-state index in [2.05, 4.69) is 21.0 Å². The molecule has 0 aliphatic carbocycles. The second-order valence-electron chi connectivity index (χ2n) is 4.40. The number of ether oxygens (including phenoxy) is 1. The highest BCUT2D eigenvalue weighted by Gasteiger charge is 2.22. The second-order valence-corrected chi connectivity index (χ2v) is 5.25. The molecule has 0 bridgehead atoms. The maximum absolute atomic E-state index is 13.3. The van der Waals surface area contributed by atoms with E-state index in [0.29, 0.717) is 28.0 Å². The summed E-state index contributed by atoms with van der Waals surface area (Å²) in [6.45, 7) is 2.71. The second kappa shape index (κ2) is 6.37. The topological polar surface area (TPSA) is 47.3 Å². The lowest BCUT2D eigenvalue weighted by Gasteiger charge is -2.15. The summed E-state index contributed by atoms with van der Waals surface area (Å²) in [5.41, 5.74) is 1.15. The van der Waals surface area contributed by atoms with Crippen molar-refractivity contribution in [1.82, 2.24) is 9.78 Å². The molecule has 2 aromatic rings. The first-order valence-electron chi connectivity index (χ1n) is 6.31. The molecule has 6 heteroatoms. The predicted octanol–water partition coefficient (Wildman–Crippen LogP) is 3.29. The average molecular weight is 343 g/mol. The minimum absolute atomic E-state index is 0.314. The van der Waals surface area contributed by atoms with Crippen LogP contribution in [0.1, 0.15) is 30.7 Å². The minimum atomic E-state index is -0.920.